The molecule has 1 aromatic heterocycles. The molecule has 2 rings (SSSR count). The smallest absolute Gasteiger partial charge is 0.497 e. The van der Waals surface area contributed by atoms with Crippen LogP contribution in [0.5, 0.6) is 5.75 Å². The molecule has 136 valence electrons. The lowest BCUT2D eigenvalue weighted by atomic mass is 10.1. The average Bonchev–Trinajstić information content (AvgIpc) is 3.10. The van der Waals surface area contributed by atoms with Crippen molar-refractivity contribution in [2.75, 3.05) is 13.7 Å². The summed E-state index contributed by atoms with van der Waals surface area (Å²) in [5.74, 6) is 1.41. The second-order valence-electron chi connectivity index (χ2n) is 5.73. The Hall–Kier alpha value is -2.01. The van der Waals surface area contributed by atoms with Crippen LogP contribution in [0.4, 0.5) is 0 Å². The van der Waals surface area contributed by atoms with Gasteiger partial charge in [-0.05, 0) is 54.3 Å². The molecular formula is C15H24BN5O4. The van der Waals surface area contributed by atoms with Crippen molar-refractivity contribution in [3.63, 3.8) is 0 Å². The molecule has 0 fully saturated rings. The van der Waals surface area contributed by atoms with Crippen molar-refractivity contribution in [1.82, 2.24) is 20.2 Å². The van der Waals surface area contributed by atoms with Crippen molar-refractivity contribution in [3.8, 4) is 5.75 Å². The number of benzene rings is 1. The third-order valence-electron chi connectivity index (χ3n) is 3.99. The summed E-state index contributed by atoms with van der Waals surface area (Å²) in [7, 11) is -0.102. The van der Waals surface area contributed by atoms with Crippen LogP contribution in [0, 0.1) is 0 Å². The van der Waals surface area contributed by atoms with Crippen molar-refractivity contribution in [2.45, 2.75) is 38.3 Å². The SMILES string of the molecule is COc1ccc([C@@H](C)n2nnnc2C(N)CCCCOB(O)O)cc1. The Morgan fingerprint density at radius 3 is 2.60 bits per heavy atom. The summed E-state index contributed by atoms with van der Waals surface area (Å²) in [4.78, 5) is 0. The molecule has 0 saturated carbocycles. The Labute approximate surface area is 146 Å². The van der Waals surface area contributed by atoms with Gasteiger partial charge in [-0.25, -0.2) is 4.68 Å². The predicted molar refractivity (Wildman–Crippen MR) is 91.5 cm³/mol. The van der Waals surface area contributed by atoms with Crippen LogP contribution in [0.2, 0.25) is 0 Å². The lowest BCUT2D eigenvalue weighted by molar-refractivity contribution is 0.181. The minimum Gasteiger partial charge on any atom is -0.497 e. The van der Waals surface area contributed by atoms with Crippen LogP contribution in [0.15, 0.2) is 24.3 Å². The summed E-state index contributed by atoms with van der Waals surface area (Å²) in [5.41, 5.74) is 7.27. The first-order chi connectivity index (χ1) is 12.0. The maximum Gasteiger partial charge on any atom is 0.633 e. The normalized spacial score (nSPS) is 13.5. The zero-order valence-electron chi connectivity index (χ0n) is 14.4. The summed E-state index contributed by atoms with van der Waals surface area (Å²) in [6.07, 6.45) is 2.10. The van der Waals surface area contributed by atoms with E-state index in [1.165, 1.54) is 0 Å². The second-order valence-corrected chi connectivity index (χ2v) is 5.73. The van der Waals surface area contributed by atoms with Gasteiger partial charge in [0.25, 0.3) is 0 Å². The zero-order valence-corrected chi connectivity index (χ0v) is 14.4. The third kappa shape index (κ3) is 5.50. The van der Waals surface area contributed by atoms with Crippen LogP contribution in [0.1, 0.15) is 49.7 Å². The molecule has 0 aliphatic carbocycles. The third-order valence-corrected chi connectivity index (χ3v) is 3.99. The number of unbranched alkanes of at least 4 members (excludes halogenated alkanes) is 1. The highest BCUT2D eigenvalue weighted by atomic mass is 16.6. The molecule has 0 saturated heterocycles. The predicted octanol–water partition coefficient (Wildman–Crippen LogP) is 0.447. The number of aromatic nitrogens is 4. The molecule has 0 radical (unpaired) electrons. The number of hydrogen-bond donors (Lipinski definition) is 3. The number of methoxy groups -OCH3 is 1. The summed E-state index contributed by atoms with van der Waals surface area (Å²) >= 11 is 0. The summed E-state index contributed by atoms with van der Waals surface area (Å²) in [6.45, 7) is 2.27. The molecule has 1 heterocycles. The first-order valence-corrected chi connectivity index (χ1v) is 8.18. The van der Waals surface area contributed by atoms with Crippen molar-refractivity contribution >= 4 is 7.32 Å². The molecule has 10 heteroatoms. The van der Waals surface area contributed by atoms with Gasteiger partial charge >= 0.3 is 7.32 Å². The summed E-state index contributed by atoms with van der Waals surface area (Å²) in [5, 5.41) is 29.1. The highest BCUT2D eigenvalue weighted by Crippen LogP contribution is 2.23. The van der Waals surface area contributed by atoms with Crippen LogP contribution in [-0.2, 0) is 4.65 Å². The highest BCUT2D eigenvalue weighted by molar-refractivity contribution is 6.32. The molecular weight excluding hydrogens is 325 g/mol. The van der Waals surface area contributed by atoms with E-state index in [1.54, 1.807) is 11.8 Å². The Kier molecular flexibility index (Phi) is 7.32. The van der Waals surface area contributed by atoms with E-state index < -0.39 is 7.32 Å². The van der Waals surface area contributed by atoms with Gasteiger partial charge in [-0.1, -0.05) is 12.1 Å². The van der Waals surface area contributed by atoms with E-state index in [4.69, 9.17) is 20.5 Å². The molecule has 4 N–H and O–H groups in total. The van der Waals surface area contributed by atoms with E-state index in [2.05, 4.69) is 20.2 Å². The van der Waals surface area contributed by atoms with E-state index in [1.807, 2.05) is 31.2 Å². The molecule has 0 spiro atoms. The Morgan fingerprint density at radius 1 is 1.24 bits per heavy atom. The van der Waals surface area contributed by atoms with E-state index in [0.29, 0.717) is 18.7 Å². The second kappa shape index (κ2) is 9.47. The summed E-state index contributed by atoms with van der Waals surface area (Å²) in [6, 6.07) is 7.36. The van der Waals surface area contributed by atoms with Gasteiger partial charge in [-0.2, -0.15) is 0 Å². The number of rotatable bonds is 10. The molecule has 0 aliphatic rings. The number of ether oxygens (including phenoxy) is 1. The standard InChI is InChI=1S/C15H24BN5O4/c1-11(12-6-8-13(24-2)9-7-12)21-15(18-19-20-21)14(17)5-3-4-10-25-16(22)23/h6-9,11,14,22-23H,3-5,10,17H2,1-2H3/t11-,14?/m1/s1. The molecule has 0 bridgehead atoms. The van der Waals surface area contributed by atoms with Crippen LogP contribution >= 0.6 is 0 Å². The number of tetrazole rings is 1. The van der Waals surface area contributed by atoms with E-state index in [0.717, 1.165) is 17.7 Å². The first kappa shape index (κ1) is 19.3. The minimum atomic E-state index is -1.73. The van der Waals surface area contributed by atoms with Gasteiger partial charge < -0.3 is 25.2 Å². The Morgan fingerprint density at radius 2 is 1.96 bits per heavy atom. The summed E-state index contributed by atoms with van der Waals surface area (Å²) < 4.78 is 11.6. The van der Waals surface area contributed by atoms with Gasteiger partial charge in [0.15, 0.2) is 5.82 Å². The fraction of sp³-hybridized carbons (Fsp3) is 0.533. The van der Waals surface area contributed by atoms with Gasteiger partial charge in [0.05, 0.1) is 19.2 Å². The van der Waals surface area contributed by atoms with Crippen molar-refractivity contribution < 1.29 is 19.4 Å². The maximum atomic E-state index is 8.62. The molecule has 2 atom stereocenters. The van der Waals surface area contributed by atoms with Gasteiger partial charge in [0.1, 0.15) is 5.75 Å². The molecule has 1 unspecified atom stereocenters. The van der Waals surface area contributed by atoms with E-state index in [9.17, 15) is 0 Å². The molecule has 9 nitrogen and oxygen atoms in total. The molecule has 2 aromatic rings. The lowest BCUT2D eigenvalue weighted by Gasteiger charge is -2.17. The zero-order chi connectivity index (χ0) is 18.2. The maximum absolute atomic E-state index is 8.62. The average molecular weight is 349 g/mol. The minimum absolute atomic E-state index is 0.0603. The van der Waals surface area contributed by atoms with Gasteiger partial charge in [0, 0.05) is 6.61 Å². The largest absolute Gasteiger partial charge is 0.633 e. The van der Waals surface area contributed by atoms with Crippen LogP contribution < -0.4 is 10.5 Å². The molecule has 0 amide bonds. The number of nitrogens with two attached hydrogens (primary N) is 1. The Balaban J connectivity index is 1.95. The van der Waals surface area contributed by atoms with Gasteiger partial charge in [0.2, 0.25) is 0 Å². The molecule has 0 aliphatic heterocycles. The number of nitrogens with zero attached hydrogens (tertiary/aromatic N) is 4. The highest BCUT2D eigenvalue weighted by Gasteiger charge is 2.20. The first-order valence-electron chi connectivity index (χ1n) is 8.18. The van der Waals surface area contributed by atoms with Crippen molar-refractivity contribution in [2.24, 2.45) is 5.73 Å². The lowest BCUT2D eigenvalue weighted by Crippen LogP contribution is -2.21. The fourth-order valence-corrected chi connectivity index (χ4v) is 2.53. The monoisotopic (exact) mass is 349 g/mol. The van der Waals surface area contributed by atoms with Crippen LogP contribution in [-0.4, -0.2) is 51.3 Å². The fourth-order valence-electron chi connectivity index (χ4n) is 2.53. The molecule has 1 aromatic carbocycles. The van der Waals surface area contributed by atoms with Crippen molar-refractivity contribution in [1.29, 1.82) is 0 Å². The Bertz CT molecular complexity index is 637. The van der Waals surface area contributed by atoms with Gasteiger partial charge in [-0.3, -0.25) is 0 Å². The van der Waals surface area contributed by atoms with E-state index >= 15 is 0 Å². The van der Waals surface area contributed by atoms with E-state index in [-0.39, 0.29) is 18.7 Å². The van der Waals surface area contributed by atoms with Crippen LogP contribution in [0.3, 0.4) is 0 Å². The van der Waals surface area contributed by atoms with Gasteiger partial charge in [-0.15, -0.1) is 5.10 Å². The number of hydrogen-bond acceptors (Lipinski definition) is 8. The van der Waals surface area contributed by atoms with Crippen molar-refractivity contribution in [3.05, 3.63) is 35.7 Å². The van der Waals surface area contributed by atoms with Crippen LogP contribution in [0.25, 0.3) is 0 Å². The molecule has 25 heavy (non-hydrogen) atoms. The topological polar surface area (TPSA) is 129 Å². The quantitative estimate of drug-likeness (QED) is 0.416.